The summed E-state index contributed by atoms with van der Waals surface area (Å²) in [7, 11) is 0. The Morgan fingerprint density at radius 3 is 2.75 bits per heavy atom. The van der Waals surface area contributed by atoms with Crippen LogP contribution in [0.3, 0.4) is 0 Å². The maximum absolute atomic E-state index is 9.82. The molecule has 4 heteroatoms. The number of hydrogen-bond donors (Lipinski definition) is 1. The highest BCUT2D eigenvalue weighted by molar-refractivity contribution is 7.99. The molecule has 0 spiro atoms. The molecule has 1 heterocycles. The van der Waals surface area contributed by atoms with E-state index in [1.54, 1.807) is 11.8 Å². The number of aliphatic hydroxyl groups excluding tert-OH is 1. The van der Waals surface area contributed by atoms with Crippen LogP contribution in [0.1, 0.15) is 6.42 Å². The fourth-order valence-corrected chi connectivity index (χ4v) is 2.43. The summed E-state index contributed by atoms with van der Waals surface area (Å²) in [5, 5.41) is 10.6. The van der Waals surface area contributed by atoms with E-state index in [-0.39, 0.29) is 0 Å². The lowest BCUT2D eigenvalue weighted by molar-refractivity contribution is 0.133. The molecule has 1 aliphatic rings. The van der Waals surface area contributed by atoms with Crippen molar-refractivity contribution in [2.45, 2.75) is 17.4 Å². The van der Waals surface area contributed by atoms with Crippen LogP contribution >= 0.6 is 23.4 Å². The Balaban J connectivity index is 1.84. The molecule has 0 aliphatic carbocycles. The van der Waals surface area contributed by atoms with Crippen LogP contribution in [-0.4, -0.2) is 23.6 Å². The van der Waals surface area contributed by atoms with Gasteiger partial charge in [-0.15, -0.1) is 11.8 Å². The summed E-state index contributed by atoms with van der Waals surface area (Å²) in [6, 6.07) is 7.59. The predicted molar refractivity (Wildman–Crippen MR) is 66.8 cm³/mol. The quantitative estimate of drug-likeness (QED) is 0.840. The monoisotopic (exact) mass is 256 g/mol. The normalized spacial score (nSPS) is 16.8. The van der Waals surface area contributed by atoms with Gasteiger partial charge in [0.1, 0.15) is 11.9 Å². The molecule has 2 nitrogen and oxygen atoms in total. The number of hydrogen-bond acceptors (Lipinski definition) is 3. The molecule has 0 radical (unpaired) electrons. The molecule has 1 aromatic carbocycles. The number of ether oxygens (including phenoxy) is 1. The van der Waals surface area contributed by atoms with Crippen LogP contribution in [0.25, 0.3) is 0 Å². The summed E-state index contributed by atoms with van der Waals surface area (Å²) in [4.78, 5) is 1.10. The number of rotatable bonds is 4. The van der Waals surface area contributed by atoms with E-state index in [9.17, 15) is 5.11 Å². The Morgan fingerprint density at radius 1 is 1.38 bits per heavy atom. The largest absolute Gasteiger partial charge is 0.495 e. The second kappa shape index (κ2) is 5.62. The standard InChI is InChI=1S/C12H13ClO2S/c13-9-3-5-10(6-4-9)16-8-11(14)12-2-1-7-15-12/h2-6,11,14H,1,7-8H2. The molecule has 0 amide bonds. The molecule has 0 bridgehead atoms. The fraction of sp³-hybridized carbons (Fsp3) is 0.333. The molecule has 1 aromatic rings. The molecule has 0 fully saturated rings. The summed E-state index contributed by atoms with van der Waals surface area (Å²) in [5.74, 6) is 1.31. The average Bonchev–Trinajstić information content (AvgIpc) is 2.81. The van der Waals surface area contributed by atoms with Gasteiger partial charge in [-0.25, -0.2) is 0 Å². The van der Waals surface area contributed by atoms with E-state index in [4.69, 9.17) is 16.3 Å². The van der Waals surface area contributed by atoms with Crippen LogP contribution in [0.2, 0.25) is 5.02 Å². The molecule has 1 unspecified atom stereocenters. The summed E-state index contributed by atoms with van der Waals surface area (Å²) in [5.41, 5.74) is 0. The minimum Gasteiger partial charge on any atom is -0.495 e. The molecule has 0 saturated carbocycles. The molecule has 0 aromatic heterocycles. The Bertz CT molecular complexity index is 375. The van der Waals surface area contributed by atoms with Gasteiger partial charge in [-0.2, -0.15) is 0 Å². The van der Waals surface area contributed by atoms with Gasteiger partial charge in [0.05, 0.1) is 6.61 Å². The van der Waals surface area contributed by atoms with Gasteiger partial charge < -0.3 is 9.84 Å². The molecule has 1 aliphatic heterocycles. The zero-order valence-corrected chi connectivity index (χ0v) is 10.3. The molecule has 0 saturated heterocycles. The third-order valence-corrected chi connectivity index (χ3v) is 3.62. The minimum atomic E-state index is -0.511. The molecule has 1 N–H and O–H groups in total. The van der Waals surface area contributed by atoms with Gasteiger partial charge in [-0.3, -0.25) is 0 Å². The Kier molecular flexibility index (Phi) is 4.16. The first-order chi connectivity index (χ1) is 7.75. The molecule has 2 rings (SSSR count). The zero-order chi connectivity index (χ0) is 11.4. The fourth-order valence-electron chi connectivity index (χ4n) is 1.46. The van der Waals surface area contributed by atoms with Crippen LogP contribution in [0.15, 0.2) is 41.0 Å². The topological polar surface area (TPSA) is 29.5 Å². The van der Waals surface area contributed by atoms with E-state index in [1.807, 2.05) is 30.3 Å². The van der Waals surface area contributed by atoms with Crippen LogP contribution in [0.5, 0.6) is 0 Å². The number of thioether (sulfide) groups is 1. The van der Waals surface area contributed by atoms with Gasteiger partial charge in [0.2, 0.25) is 0 Å². The van der Waals surface area contributed by atoms with Gasteiger partial charge in [-0.1, -0.05) is 11.6 Å². The predicted octanol–water partition coefficient (Wildman–Crippen LogP) is 3.10. The Labute approximate surface area is 104 Å². The Morgan fingerprint density at radius 2 is 2.12 bits per heavy atom. The van der Waals surface area contributed by atoms with Crippen molar-refractivity contribution >= 4 is 23.4 Å². The van der Waals surface area contributed by atoms with Crippen molar-refractivity contribution in [3.05, 3.63) is 41.1 Å². The van der Waals surface area contributed by atoms with Crippen LogP contribution in [0, 0.1) is 0 Å². The smallest absolute Gasteiger partial charge is 0.121 e. The number of halogens is 1. The second-order valence-electron chi connectivity index (χ2n) is 3.52. The van der Waals surface area contributed by atoms with Gasteiger partial charge in [-0.05, 0) is 30.3 Å². The second-order valence-corrected chi connectivity index (χ2v) is 5.05. The van der Waals surface area contributed by atoms with Crippen molar-refractivity contribution < 1.29 is 9.84 Å². The highest BCUT2D eigenvalue weighted by Crippen LogP contribution is 2.24. The lowest BCUT2D eigenvalue weighted by atomic mass is 10.3. The van der Waals surface area contributed by atoms with Crippen molar-refractivity contribution in [3.63, 3.8) is 0 Å². The SMILES string of the molecule is OC(CSc1ccc(Cl)cc1)C1=CCCO1. The summed E-state index contributed by atoms with van der Waals surface area (Å²) >= 11 is 7.38. The van der Waals surface area contributed by atoms with E-state index in [1.165, 1.54) is 0 Å². The summed E-state index contributed by atoms with van der Waals surface area (Å²) in [6.07, 6.45) is 2.34. The van der Waals surface area contributed by atoms with E-state index < -0.39 is 6.10 Å². The van der Waals surface area contributed by atoms with E-state index in [0.717, 1.165) is 16.3 Å². The van der Waals surface area contributed by atoms with Gasteiger partial charge in [0, 0.05) is 22.1 Å². The van der Waals surface area contributed by atoms with E-state index in [2.05, 4.69) is 0 Å². The highest BCUT2D eigenvalue weighted by atomic mass is 35.5. The van der Waals surface area contributed by atoms with Gasteiger partial charge in [0.15, 0.2) is 0 Å². The first-order valence-electron chi connectivity index (χ1n) is 5.15. The average molecular weight is 257 g/mol. The number of aliphatic hydroxyl groups is 1. The van der Waals surface area contributed by atoms with Gasteiger partial charge in [0.25, 0.3) is 0 Å². The third kappa shape index (κ3) is 3.17. The highest BCUT2D eigenvalue weighted by Gasteiger charge is 2.15. The first kappa shape index (κ1) is 11.8. The molecule has 16 heavy (non-hydrogen) atoms. The minimum absolute atomic E-state index is 0.511. The molecule has 86 valence electrons. The summed E-state index contributed by atoms with van der Waals surface area (Å²) < 4.78 is 5.30. The van der Waals surface area contributed by atoms with Crippen molar-refractivity contribution in [1.82, 2.24) is 0 Å². The van der Waals surface area contributed by atoms with E-state index in [0.29, 0.717) is 18.1 Å². The van der Waals surface area contributed by atoms with Crippen molar-refractivity contribution in [2.75, 3.05) is 12.4 Å². The van der Waals surface area contributed by atoms with Crippen molar-refractivity contribution in [1.29, 1.82) is 0 Å². The van der Waals surface area contributed by atoms with Crippen LogP contribution in [0.4, 0.5) is 0 Å². The van der Waals surface area contributed by atoms with Crippen molar-refractivity contribution in [2.24, 2.45) is 0 Å². The zero-order valence-electron chi connectivity index (χ0n) is 8.73. The first-order valence-corrected chi connectivity index (χ1v) is 6.51. The van der Waals surface area contributed by atoms with Crippen LogP contribution < -0.4 is 0 Å². The molecular formula is C12H13ClO2S. The molecule has 1 atom stereocenters. The Hall–Kier alpha value is -0.640. The van der Waals surface area contributed by atoms with Crippen LogP contribution in [-0.2, 0) is 4.74 Å². The lowest BCUT2D eigenvalue weighted by Gasteiger charge is -2.11. The maximum Gasteiger partial charge on any atom is 0.121 e. The maximum atomic E-state index is 9.82. The number of benzene rings is 1. The third-order valence-electron chi connectivity index (χ3n) is 2.28. The summed E-state index contributed by atoms with van der Waals surface area (Å²) in [6.45, 7) is 0.692. The van der Waals surface area contributed by atoms with Crippen molar-refractivity contribution in [3.8, 4) is 0 Å². The van der Waals surface area contributed by atoms with Gasteiger partial charge >= 0.3 is 0 Å². The molecular weight excluding hydrogens is 244 g/mol. The van der Waals surface area contributed by atoms with E-state index >= 15 is 0 Å². The lowest BCUT2D eigenvalue weighted by Crippen LogP contribution is -2.13.